The molecular weight excluding hydrogens is 240 g/mol. The Labute approximate surface area is 121 Å². The summed E-state index contributed by atoms with van der Waals surface area (Å²) in [6, 6.07) is 0. The van der Waals surface area contributed by atoms with Crippen molar-refractivity contribution in [3.05, 3.63) is 12.7 Å². The lowest BCUT2D eigenvalue weighted by Gasteiger charge is -2.26. The smallest absolute Gasteiger partial charge is 0.0700 e. The summed E-state index contributed by atoms with van der Waals surface area (Å²) in [6.45, 7) is 17.1. The highest BCUT2D eigenvalue weighted by molar-refractivity contribution is 4.74. The highest BCUT2D eigenvalue weighted by atomic mass is 16.5. The fourth-order valence-electron chi connectivity index (χ4n) is 1.61. The summed E-state index contributed by atoms with van der Waals surface area (Å²) in [4.78, 5) is 0. The van der Waals surface area contributed by atoms with Gasteiger partial charge in [-0.05, 0) is 33.1 Å². The van der Waals surface area contributed by atoms with Gasteiger partial charge in [-0.3, -0.25) is 0 Å². The monoisotopic (exact) mass is 276 g/mol. The molecule has 0 N–H and O–H groups in total. The van der Waals surface area contributed by atoms with Crippen molar-refractivity contribution in [2.24, 2.45) is 5.92 Å². The summed E-state index contributed by atoms with van der Waals surface area (Å²) >= 11 is 0. The molecule has 0 heterocycles. The van der Waals surface area contributed by atoms with Crippen molar-refractivity contribution < 1.29 is 14.2 Å². The van der Waals surface area contributed by atoms with Crippen LogP contribution in [0.1, 0.15) is 48.5 Å². The van der Waals surface area contributed by atoms with Crippen molar-refractivity contribution in [1.29, 1.82) is 0 Å². The quantitative estimate of drug-likeness (QED) is 0.464. The molecule has 19 heavy (non-hydrogen) atoms. The lowest BCUT2D eigenvalue weighted by molar-refractivity contribution is -0.0158. The van der Waals surface area contributed by atoms with Crippen LogP contribution < -0.4 is 0 Å². The van der Waals surface area contributed by atoms with Gasteiger partial charge >= 0.3 is 0 Å². The van der Waals surface area contributed by atoms with Crippen LogP contribution in [-0.4, -0.2) is 39.1 Å². The van der Waals surface area contributed by atoms with E-state index in [1.165, 1.54) is 0 Å². The van der Waals surface area contributed by atoms with E-state index >= 15 is 0 Å². The maximum absolute atomic E-state index is 5.57. The first-order chi connectivity index (χ1) is 8.39. The maximum atomic E-state index is 5.57. The predicted octanol–water partition coefficient (Wildman–Crippen LogP) is 4.32. The first-order valence-corrected chi connectivity index (χ1v) is 6.71. The minimum absolute atomic E-state index is 0. The minimum atomic E-state index is 0. The van der Waals surface area contributed by atoms with Gasteiger partial charge in [0.25, 0.3) is 0 Å². The molecule has 0 aliphatic rings. The first-order valence-electron chi connectivity index (χ1n) is 6.71. The van der Waals surface area contributed by atoms with Crippen LogP contribution >= 0.6 is 0 Å². The molecule has 3 nitrogen and oxygen atoms in total. The van der Waals surface area contributed by atoms with E-state index in [4.69, 9.17) is 14.2 Å². The Morgan fingerprint density at radius 3 is 2.16 bits per heavy atom. The maximum Gasteiger partial charge on any atom is 0.0700 e. The molecule has 118 valence electrons. The van der Waals surface area contributed by atoms with Crippen LogP contribution in [0.3, 0.4) is 0 Å². The van der Waals surface area contributed by atoms with E-state index in [0.29, 0.717) is 25.7 Å². The Morgan fingerprint density at radius 1 is 1.21 bits per heavy atom. The molecule has 0 bridgehead atoms. The van der Waals surface area contributed by atoms with E-state index in [2.05, 4.69) is 34.3 Å². The second kappa shape index (κ2) is 15.7. The minimum Gasteiger partial charge on any atom is -0.382 e. The zero-order chi connectivity index (χ0) is 14.4. The molecule has 0 saturated carbocycles. The van der Waals surface area contributed by atoms with Crippen LogP contribution in [0, 0.1) is 5.92 Å². The third-order valence-electron chi connectivity index (χ3n) is 2.13. The van der Waals surface area contributed by atoms with E-state index in [-0.39, 0.29) is 13.0 Å². The second-order valence-corrected chi connectivity index (χ2v) is 5.15. The molecule has 0 radical (unpaired) electrons. The van der Waals surface area contributed by atoms with E-state index in [1.807, 2.05) is 6.92 Å². The molecule has 0 aromatic heterocycles. The molecule has 0 saturated heterocycles. The van der Waals surface area contributed by atoms with Crippen LogP contribution in [0.15, 0.2) is 12.7 Å². The summed E-state index contributed by atoms with van der Waals surface area (Å²) < 4.78 is 15.2. The highest BCUT2D eigenvalue weighted by Gasteiger charge is 2.18. The second-order valence-electron chi connectivity index (χ2n) is 5.15. The van der Waals surface area contributed by atoms with Crippen molar-refractivity contribution in [3.63, 3.8) is 0 Å². The summed E-state index contributed by atoms with van der Waals surface area (Å²) in [5.74, 6) is 0.690. The summed E-state index contributed by atoms with van der Waals surface area (Å²) in [5, 5.41) is 0. The van der Waals surface area contributed by atoms with Gasteiger partial charge in [0.1, 0.15) is 0 Å². The highest BCUT2D eigenvalue weighted by Crippen LogP contribution is 2.19. The van der Waals surface area contributed by atoms with Crippen LogP contribution in [-0.2, 0) is 14.2 Å². The zero-order valence-electron chi connectivity index (χ0n) is 13.1. The van der Waals surface area contributed by atoms with Gasteiger partial charge < -0.3 is 14.2 Å². The van der Waals surface area contributed by atoms with Crippen LogP contribution in [0.5, 0.6) is 0 Å². The van der Waals surface area contributed by atoms with Crippen LogP contribution in [0.25, 0.3) is 0 Å². The molecular formula is C16H36O3. The fraction of sp³-hybridized carbons (Fsp3) is 0.875. The molecule has 0 atom stereocenters. The summed E-state index contributed by atoms with van der Waals surface area (Å²) in [7, 11) is 1.67. The normalized spacial score (nSPS) is 10.5. The molecule has 0 fully saturated rings. The third-order valence-corrected chi connectivity index (χ3v) is 2.13. The van der Waals surface area contributed by atoms with Gasteiger partial charge in [-0.1, -0.05) is 27.4 Å². The molecule has 0 rings (SSSR count). The van der Waals surface area contributed by atoms with Crippen molar-refractivity contribution in [2.75, 3.05) is 33.5 Å². The van der Waals surface area contributed by atoms with Crippen molar-refractivity contribution in [3.8, 4) is 0 Å². The van der Waals surface area contributed by atoms with Crippen LogP contribution in [0.2, 0.25) is 0 Å². The lowest BCUT2D eigenvalue weighted by Crippen LogP contribution is -2.26. The average Bonchev–Trinajstić information content (AvgIpc) is 2.26. The molecule has 0 spiro atoms. The van der Waals surface area contributed by atoms with E-state index < -0.39 is 0 Å². The van der Waals surface area contributed by atoms with E-state index in [9.17, 15) is 0 Å². The lowest BCUT2D eigenvalue weighted by atomic mass is 9.96. The van der Waals surface area contributed by atoms with Crippen molar-refractivity contribution >= 4 is 0 Å². The Bertz CT molecular complexity index is 173. The Kier molecular flexibility index (Phi) is 19.5. The van der Waals surface area contributed by atoms with Gasteiger partial charge in [0.2, 0.25) is 0 Å². The van der Waals surface area contributed by atoms with E-state index in [0.717, 1.165) is 13.0 Å². The number of methoxy groups -OCH3 is 1. The van der Waals surface area contributed by atoms with Crippen LogP contribution in [0.4, 0.5) is 0 Å². The number of ether oxygens (including phenoxy) is 3. The largest absolute Gasteiger partial charge is 0.382 e. The standard InChI is InChI=1S/C10H20O.C5H12O2.CH4/c1-6-7-11-10(4,5)8-9(2)3;1-3-7-5-4-6-2;/h6,9H,1,7-8H2,2-5H3;3-5H2,1-2H3;1H4. The Hall–Kier alpha value is -0.380. The first kappa shape index (κ1) is 23.7. The zero-order valence-corrected chi connectivity index (χ0v) is 13.1. The Morgan fingerprint density at radius 2 is 1.79 bits per heavy atom. The number of hydrogen-bond donors (Lipinski definition) is 0. The summed E-state index contributed by atoms with van der Waals surface area (Å²) in [5.41, 5.74) is 0.00234. The molecule has 0 aliphatic carbocycles. The van der Waals surface area contributed by atoms with Gasteiger partial charge in [0, 0.05) is 13.7 Å². The average molecular weight is 276 g/mol. The number of hydrogen-bond acceptors (Lipinski definition) is 3. The molecule has 0 aliphatic heterocycles. The molecule has 0 unspecified atom stereocenters. The van der Waals surface area contributed by atoms with Crippen molar-refractivity contribution in [1.82, 2.24) is 0 Å². The van der Waals surface area contributed by atoms with Crippen molar-refractivity contribution in [2.45, 2.75) is 54.1 Å². The van der Waals surface area contributed by atoms with Gasteiger partial charge in [-0.15, -0.1) is 6.58 Å². The van der Waals surface area contributed by atoms with Gasteiger partial charge in [0.05, 0.1) is 25.4 Å². The van der Waals surface area contributed by atoms with Gasteiger partial charge in [-0.25, -0.2) is 0 Å². The van der Waals surface area contributed by atoms with E-state index in [1.54, 1.807) is 13.2 Å². The van der Waals surface area contributed by atoms with Gasteiger partial charge in [-0.2, -0.15) is 0 Å². The molecule has 3 heteroatoms. The summed E-state index contributed by atoms with van der Waals surface area (Å²) in [6.07, 6.45) is 2.89. The number of rotatable bonds is 9. The predicted molar refractivity (Wildman–Crippen MR) is 84.8 cm³/mol. The van der Waals surface area contributed by atoms with Gasteiger partial charge in [0.15, 0.2) is 0 Å². The fourth-order valence-corrected chi connectivity index (χ4v) is 1.61. The topological polar surface area (TPSA) is 27.7 Å². The molecule has 0 aromatic carbocycles. The third kappa shape index (κ3) is 23.2. The Balaban J connectivity index is -0.000000280. The SMILES string of the molecule is C.C=CCOC(C)(C)CC(C)C.CCOCCOC. The molecule has 0 aromatic rings. The molecule has 0 amide bonds.